The normalized spacial score (nSPS) is 14.9. The minimum absolute atomic E-state index is 0.100. The summed E-state index contributed by atoms with van der Waals surface area (Å²) < 4.78 is 32.6. The van der Waals surface area contributed by atoms with Crippen LogP contribution in [0.5, 0.6) is 0 Å². The molecule has 1 aliphatic heterocycles. The number of rotatable bonds is 7. The zero-order valence-corrected chi connectivity index (χ0v) is 24.7. The fourth-order valence-electron chi connectivity index (χ4n) is 3.86. The van der Waals surface area contributed by atoms with Crippen LogP contribution < -0.4 is 0 Å². The average molecular weight is 615 g/mol. The molecule has 3 rings (SSSR count). The molecule has 1 saturated heterocycles. The molecule has 0 radical (unpaired) electrons. The van der Waals surface area contributed by atoms with Crippen molar-refractivity contribution < 1.29 is 22.7 Å². The molecule has 1 heterocycles. The lowest BCUT2D eigenvalue weighted by atomic mass is 10.1. The topological polar surface area (TPSA) is 87.2 Å². The number of hydrogen-bond acceptors (Lipinski definition) is 6. The van der Waals surface area contributed by atoms with E-state index in [1.54, 1.807) is 41.3 Å². The van der Waals surface area contributed by atoms with Crippen LogP contribution in [0.1, 0.15) is 49.2 Å². The van der Waals surface area contributed by atoms with Crippen LogP contribution in [0.2, 0.25) is 5.02 Å². The predicted molar refractivity (Wildman–Crippen MR) is 148 cm³/mol. The second-order valence-electron chi connectivity index (χ2n) is 9.89. The van der Waals surface area contributed by atoms with Gasteiger partial charge >= 0.3 is 6.09 Å². The Bertz CT molecular complexity index is 1240. The fraction of sp³-hybridized carbons (Fsp3) is 0.462. The summed E-state index contributed by atoms with van der Waals surface area (Å²) in [5.74, 6) is -0.798. The first-order valence-corrected chi connectivity index (χ1v) is 14.8. The van der Waals surface area contributed by atoms with Gasteiger partial charge in [-0.15, -0.1) is 0 Å². The molecule has 1 fully saturated rings. The zero-order valence-electron chi connectivity index (χ0n) is 21.5. The molecule has 37 heavy (non-hydrogen) atoms. The Labute approximate surface area is 232 Å². The van der Waals surface area contributed by atoms with Crippen molar-refractivity contribution >= 4 is 49.6 Å². The molecule has 11 heteroatoms. The summed E-state index contributed by atoms with van der Waals surface area (Å²) in [4.78, 5) is 29.6. The average Bonchev–Trinajstić information content (AvgIpc) is 2.82. The van der Waals surface area contributed by atoms with Crippen LogP contribution in [0.3, 0.4) is 0 Å². The first kappa shape index (κ1) is 29.4. The Balaban J connectivity index is 1.69. The monoisotopic (exact) mass is 613 g/mol. The maximum atomic E-state index is 13.3. The van der Waals surface area contributed by atoms with Crippen LogP contribution in [0.15, 0.2) is 46.9 Å². The Kier molecular flexibility index (Phi) is 9.66. The van der Waals surface area contributed by atoms with Crippen molar-refractivity contribution in [2.45, 2.75) is 46.4 Å². The van der Waals surface area contributed by atoms with Gasteiger partial charge in [0.2, 0.25) is 10.0 Å². The summed E-state index contributed by atoms with van der Waals surface area (Å²) in [6.45, 7) is 10.1. The van der Waals surface area contributed by atoms with Gasteiger partial charge in [0, 0.05) is 47.8 Å². The van der Waals surface area contributed by atoms with Crippen LogP contribution in [0, 0.1) is 0 Å². The van der Waals surface area contributed by atoms with Crippen LogP contribution in [-0.4, -0.2) is 72.1 Å². The van der Waals surface area contributed by atoms with Crippen molar-refractivity contribution in [3.63, 3.8) is 0 Å². The van der Waals surface area contributed by atoms with Gasteiger partial charge in [0.15, 0.2) is 0 Å². The maximum Gasteiger partial charge on any atom is 0.410 e. The smallest absolute Gasteiger partial charge is 0.410 e. The van der Waals surface area contributed by atoms with Crippen LogP contribution in [0.25, 0.3) is 0 Å². The minimum atomic E-state index is -3.81. The lowest BCUT2D eigenvalue weighted by Gasteiger charge is -2.35. The molecule has 2 aromatic rings. The number of carbonyl (C=O) groups is 2. The van der Waals surface area contributed by atoms with E-state index in [1.165, 1.54) is 6.92 Å². The number of nitrogens with zero attached hydrogens (tertiary/aromatic N) is 3. The summed E-state index contributed by atoms with van der Waals surface area (Å²) >= 11 is 9.61. The molecule has 0 N–H and O–H groups in total. The van der Waals surface area contributed by atoms with Gasteiger partial charge in [0.05, 0.1) is 12.3 Å². The van der Waals surface area contributed by atoms with Gasteiger partial charge < -0.3 is 9.64 Å². The number of sulfonamides is 1. The quantitative estimate of drug-likeness (QED) is 0.429. The summed E-state index contributed by atoms with van der Waals surface area (Å²) in [7, 11) is -3.81. The molecule has 0 aliphatic carbocycles. The van der Waals surface area contributed by atoms with Gasteiger partial charge in [-0.25, -0.2) is 17.5 Å². The number of ether oxygens (including phenoxy) is 1. The summed E-state index contributed by atoms with van der Waals surface area (Å²) in [5, 5.41) is 0.470. The first-order chi connectivity index (χ1) is 17.3. The number of halogens is 2. The van der Waals surface area contributed by atoms with E-state index < -0.39 is 21.5 Å². The van der Waals surface area contributed by atoms with Crippen molar-refractivity contribution in [1.82, 2.24) is 14.1 Å². The second-order valence-corrected chi connectivity index (χ2v) is 13.4. The van der Waals surface area contributed by atoms with Crippen LogP contribution in [-0.2, 0) is 27.8 Å². The van der Waals surface area contributed by atoms with Gasteiger partial charge in [-0.2, -0.15) is 0 Å². The lowest BCUT2D eigenvalue weighted by Crippen LogP contribution is -2.49. The lowest BCUT2D eigenvalue weighted by molar-refractivity contribution is 0.0139. The maximum absolute atomic E-state index is 13.3. The van der Waals surface area contributed by atoms with Gasteiger partial charge in [-0.05, 0) is 63.1 Å². The molecule has 0 unspecified atom stereocenters. The van der Waals surface area contributed by atoms with E-state index in [0.717, 1.165) is 9.87 Å². The molecule has 0 spiro atoms. The van der Waals surface area contributed by atoms with Crippen molar-refractivity contribution in [3.05, 3.63) is 68.7 Å². The van der Waals surface area contributed by atoms with Crippen molar-refractivity contribution in [2.24, 2.45) is 0 Å². The standard InChI is InChI=1S/C26H33BrClN3O5S/c1-5-37(34,35)31(17-19-7-6-8-22(28)15-19)24(32)20-9-10-21(23(27)16-20)18-29-11-13-30(14-12-29)25(33)36-26(2,3)4/h6-10,15-16H,5,11-14,17-18H2,1-4H3. The summed E-state index contributed by atoms with van der Waals surface area (Å²) in [6, 6.07) is 11.9. The molecular formula is C26H33BrClN3O5S. The van der Waals surface area contributed by atoms with Crippen molar-refractivity contribution in [3.8, 4) is 0 Å². The molecule has 1 aliphatic rings. The highest BCUT2D eigenvalue weighted by atomic mass is 79.9. The summed E-state index contributed by atoms with van der Waals surface area (Å²) in [5.41, 5.74) is 1.32. The second kappa shape index (κ2) is 12.1. The molecule has 0 atom stereocenters. The third-order valence-electron chi connectivity index (χ3n) is 5.86. The zero-order chi connectivity index (χ0) is 27.4. The highest BCUT2D eigenvalue weighted by molar-refractivity contribution is 9.10. The predicted octanol–water partition coefficient (Wildman–Crippen LogP) is 5.15. The van der Waals surface area contributed by atoms with Gasteiger partial charge in [0.1, 0.15) is 5.60 Å². The van der Waals surface area contributed by atoms with E-state index in [1.807, 2.05) is 26.8 Å². The van der Waals surface area contributed by atoms with E-state index >= 15 is 0 Å². The molecule has 0 saturated carbocycles. The molecule has 2 amide bonds. The third-order valence-corrected chi connectivity index (χ3v) is 8.53. The Hall–Kier alpha value is -2.14. The molecule has 0 bridgehead atoms. The molecular weight excluding hydrogens is 582 g/mol. The highest BCUT2D eigenvalue weighted by Gasteiger charge is 2.29. The van der Waals surface area contributed by atoms with Crippen molar-refractivity contribution in [1.29, 1.82) is 0 Å². The van der Waals surface area contributed by atoms with E-state index in [4.69, 9.17) is 16.3 Å². The van der Waals surface area contributed by atoms with E-state index in [0.29, 0.717) is 47.8 Å². The van der Waals surface area contributed by atoms with E-state index in [9.17, 15) is 18.0 Å². The Morgan fingerprint density at radius 3 is 2.32 bits per heavy atom. The largest absolute Gasteiger partial charge is 0.444 e. The fourth-order valence-corrected chi connectivity index (χ4v) is 5.59. The van der Waals surface area contributed by atoms with E-state index in [-0.39, 0.29) is 24.0 Å². The molecule has 2 aromatic carbocycles. The van der Waals surface area contributed by atoms with E-state index in [2.05, 4.69) is 20.8 Å². The molecule has 202 valence electrons. The first-order valence-electron chi connectivity index (χ1n) is 12.1. The van der Waals surface area contributed by atoms with Crippen LogP contribution in [0.4, 0.5) is 4.79 Å². The van der Waals surface area contributed by atoms with Crippen LogP contribution >= 0.6 is 27.5 Å². The number of benzene rings is 2. The Morgan fingerprint density at radius 1 is 1.08 bits per heavy atom. The molecule has 8 nitrogen and oxygen atoms in total. The van der Waals surface area contributed by atoms with Gasteiger partial charge in [-0.3, -0.25) is 9.69 Å². The molecule has 0 aromatic heterocycles. The Morgan fingerprint density at radius 2 is 1.76 bits per heavy atom. The minimum Gasteiger partial charge on any atom is -0.444 e. The number of amides is 2. The van der Waals surface area contributed by atoms with Crippen molar-refractivity contribution in [2.75, 3.05) is 31.9 Å². The number of hydrogen-bond donors (Lipinski definition) is 0. The SMILES string of the molecule is CCS(=O)(=O)N(Cc1cccc(Cl)c1)C(=O)c1ccc(CN2CCN(C(=O)OC(C)(C)C)CC2)c(Br)c1. The van der Waals surface area contributed by atoms with Gasteiger partial charge in [-0.1, -0.05) is 45.7 Å². The summed E-state index contributed by atoms with van der Waals surface area (Å²) in [6.07, 6.45) is -0.305. The van der Waals surface area contributed by atoms with Gasteiger partial charge in [0.25, 0.3) is 5.91 Å². The third kappa shape index (κ3) is 8.17. The number of piperazine rings is 1. The highest BCUT2D eigenvalue weighted by Crippen LogP contribution is 2.24. The number of carbonyl (C=O) groups excluding carboxylic acids is 2.